The molecule has 4 heteroatoms. The molecule has 1 atom stereocenters. The molecule has 14 heavy (non-hydrogen) atoms. The van der Waals surface area contributed by atoms with Gasteiger partial charge in [0.15, 0.2) is 11.8 Å². The molecule has 1 saturated heterocycles. The maximum Gasteiger partial charge on any atom is 0.331 e. The van der Waals surface area contributed by atoms with E-state index in [9.17, 15) is 9.59 Å². The average molecular weight is 197 g/mol. The SMILES string of the molecule is NC1C(=O)CC2(CCCCC2)OC1=O. The van der Waals surface area contributed by atoms with Gasteiger partial charge in [-0.2, -0.15) is 0 Å². The number of ketones is 1. The molecule has 78 valence electrons. The third-order valence-corrected chi connectivity index (χ3v) is 3.18. The van der Waals surface area contributed by atoms with Gasteiger partial charge in [0.25, 0.3) is 0 Å². The number of rotatable bonds is 0. The number of nitrogens with two attached hydrogens (primary N) is 1. The minimum absolute atomic E-state index is 0.164. The lowest BCUT2D eigenvalue weighted by Crippen LogP contribution is -2.54. The normalized spacial score (nSPS) is 31.6. The molecule has 1 aliphatic carbocycles. The Hall–Kier alpha value is -0.900. The van der Waals surface area contributed by atoms with Crippen LogP contribution in [-0.4, -0.2) is 23.4 Å². The van der Waals surface area contributed by atoms with Crippen LogP contribution in [0.4, 0.5) is 0 Å². The lowest BCUT2D eigenvalue weighted by atomic mass is 9.78. The molecule has 2 rings (SSSR count). The molecule has 0 aromatic rings. The second kappa shape index (κ2) is 3.35. The van der Waals surface area contributed by atoms with E-state index in [0.29, 0.717) is 6.42 Å². The van der Waals surface area contributed by atoms with Gasteiger partial charge in [-0.05, 0) is 25.7 Å². The van der Waals surface area contributed by atoms with Crippen LogP contribution in [0.1, 0.15) is 38.5 Å². The van der Waals surface area contributed by atoms with Crippen LogP contribution in [0.5, 0.6) is 0 Å². The van der Waals surface area contributed by atoms with Crippen molar-refractivity contribution in [3.63, 3.8) is 0 Å². The molecule has 4 nitrogen and oxygen atoms in total. The van der Waals surface area contributed by atoms with Gasteiger partial charge in [0.05, 0.1) is 0 Å². The van der Waals surface area contributed by atoms with E-state index in [4.69, 9.17) is 10.5 Å². The summed E-state index contributed by atoms with van der Waals surface area (Å²) in [6.45, 7) is 0. The lowest BCUT2D eigenvalue weighted by Gasteiger charge is -2.40. The van der Waals surface area contributed by atoms with Crippen molar-refractivity contribution in [1.29, 1.82) is 0 Å². The largest absolute Gasteiger partial charge is 0.457 e. The van der Waals surface area contributed by atoms with Crippen LogP contribution < -0.4 is 5.73 Å². The van der Waals surface area contributed by atoms with Crippen LogP contribution in [-0.2, 0) is 14.3 Å². The van der Waals surface area contributed by atoms with Crippen LogP contribution >= 0.6 is 0 Å². The average Bonchev–Trinajstić information content (AvgIpc) is 2.15. The highest BCUT2D eigenvalue weighted by Crippen LogP contribution is 2.37. The van der Waals surface area contributed by atoms with Crippen LogP contribution in [0.15, 0.2) is 0 Å². The van der Waals surface area contributed by atoms with E-state index in [2.05, 4.69) is 0 Å². The quantitative estimate of drug-likeness (QED) is 0.454. The minimum Gasteiger partial charge on any atom is -0.457 e. The zero-order chi connectivity index (χ0) is 10.2. The van der Waals surface area contributed by atoms with Crippen LogP contribution in [0, 0.1) is 0 Å². The van der Waals surface area contributed by atoms with Crippen molar-refractivity contribution in [2.24, 2.45) is 5.73 Å². The maximum absolute atomic E-state index is 11.5. The summed E-state index contributed by atoms with van der Waals surface area (Å²) in [4.78, 5) is 22.8. The molecule has 2 aliphatic rings. The number of carbonyl (C=O) groups excluding carboxylic acids is 2. The molecule has 1 aliphatic heterocycles. The number of esters is 1. The summed E-state index contributed by atoms with van der Waals surface area (Å²) in [5, 5.41) is 0. The van der Waals surface area contributed by atoms with Gasteiger partial charge in [-0.3, -0.25) is 4.79 Å². The summed E-state index contributed by atoms with van der Waals surface area (Å²) in [6, 6.07) is -1.04. The molecule has 0 bridgehead atoms. The number of carbonyl (C=O) groups is 2. The summed E-state index contributed by atoms with van der Waals surface area (Å²) in [6.07, 6.45) is 5.19. The van der Waals surface area contributed by atoms with Gasteiger partial charge < -0.3 is 10.5 Å². The zero-order valence-electron chi connectivity index (χ0n) is 8.12. The van der Waals surface area contributed by atoms with Gasteiger partial charge in [0.2, 0.25) is 0 Å². The Morgan fingerprint density at radius 1 is 1.21 bits per heavy atom. The topological polar surface area (TPSA) is 69.4 Å². The fourth-order valence-electron chi connectivity index (χ4n) is 2.35. The minimum atomic E-state index is -1.04. The number of hydrogen-bond donors (Lipinski definition) is 1. The second-order valence-electron chi connectivity index (χ2n) is 4.29. The smallest absolute Gasteiger partial charge is 0.331 e. The number of Topliss-reactive ketones (excluding diaryl/α,β-unsaturated/α-hetero) is 1. The fourth-order valence-corrected chi connectivity index (χ4v) is 2.35. The van der Waals surface area contributed by atoms with Gasteiger partial charge in [-0.25, -0.2) is 4.79 Å². The van der Waals surface area contributed by atoms with Crippen molar-refractivity contribution >= 4 is 11.8 Å². The Morgan fingerprint density at radius 3 is 2.43 bits per heavy atom. The molecular formula is C10H15NO3. The Kier molecular flexibility index (Phi) is 2.31. The molecule has 2 fully saturated rings. The Bertz CT molecular complexity index is 249. The first-order valence-corrected chi connectivity index (χ1v) is 5.14. The van der Waals surface area contributed by atoms with Gasteiger partial charge >= 0.3 is 5.97 Å². The van der Waals surface area contributed by atoms with Crippen molar-refractivity contribution in [1.82, 2.24) is 0 Å². The van der Waals surface area contributed by atoms with E-state index in [0.717, 1.165) is 25.7 Å². The predicted octanol–water partition coefficient (Wildman–Crippen LogP) is 0.533. The lowest BCUT2D eigenvalue weighted by molar-refractivity contribution is -0.176. The Morgan fingerprint density at radius 2 is 1.86 bits per heavy atom. The van der Waals surface area contributed by atoms with Gasteiger partial charge in [0.1, 0.15) is 5.60 Å². The summed E-state index contributed by atoms with van der Waals surface area (Å²) in [7, 11) is 0. The van der Waals surface area contributed by atoms with E-state index >= 15 is 0 Å². The van der Waals surface area contributed by atoms with Gasteiger partial charge in [-0.1, -0.05) is 6.42 Å². The molecule has 1 saturated carbocycles. The molecule has 1 spiro atoms. The first-order valence-electron chi connectivity index (χ1n) is 5.14. The first-order chi connectivity index (χ1) is 6.63. The molecule has 0 amide bonds. The van der Waals surface area contributed by atoms with Crippen LogP contribution in [0.2, 0.25) is 0 Å². The van der Waals surface area contributed by atoms with Crippen molar-refractivity contribution < 1.29 is 14.3 Å². The second-order valence-corrected chi connectivity index (χ2v) is 4.29. The van der Waals surface area contributed by atoms with Crippen LogP contribution in [0.25, 0.3) is 0 Å². The molecule has 2 N–H and O–H groups in total. The summed E-state index contributed by atoms with van der Waals surface area (Å²) in [5.74, 6) is -0.702. The third kappa shape index (κ3) is 1.54. The summed E-state index contributed by atoms with van der Waals surface area (Å²) < 4.78 is 5.31. The zero-order valence-corrected chi connectivity index (χ0v) is 8.12. The highest BCUT2D eigenvalue weighted by atomic mass is 16.6. The fraction of sp³-hybridized carbons (Fsp3) is 0.800. The highest BCUT2D eigenvalue weighted by Gasteiger charge is 2.45. The molecular weight excluding hydrogens is 182 g/mol. The highest BCUT2D eigenvalue weighted by molar-refractivity contribution is 6.05. The third-order valence-electron chi connectivity index (χ3n) is 3.18. The van der Waals surface area contributed by atoms with Gasteiger partial charge in [0, 0.05) is 6.42 Å². The number of hydrogen-bond acceptors (Lipinski definition) is 4. The van der Waals surface area contributed by atoms with E-state index in [1.807, 2.05) is 0 Å². The van der Waals surface area contributed by atoms with E-state index < -0.39 is 17.6 Å². The summed E-state index contributed by atoms with van der Waals surface area (Å²) in [5.41, 5.74) is 4.89. The first kappa shape index (κ1) is 9.65. The number of ether oxygens (including phenoxy) is 1. The maximum atomic E-state index is 11.5. The Labute approximate surface area is 82.8 Å². The molecule has 0 aromatic carbocycles. The monoisotopic (exact) mass is 197 g/mol. The van der Waals surface area contributed by atoms with Crippen molar-refractivity contribution in [3.05, 3.63) is 0 Å². The van der Waals surface area contributed by atoms with Crippen molar-refractivity contribution in [2.75, 3.05) is 0 Å². The van der Waals surface area contributed by atoms with Crippen LogP contribution in [0.3, 0.4) is 0 Å². The van der Waals surface area contributed by atoms with E-state index in [-0.39, 0.29) is 5.78 Å². The summed E-state index contributed by atoms with van der Waals surface area (Å²) >= 11 is 0. The van der Waals surface area contributed by atoms with E-state index in [1.54, 1.807) is 0 Å². The van der Waals surface area contributed by atoms with Crippen molar-refractivity contribution in [2.45, 2.75) is 50.2 Å². The Balaban J connectivity index is 2.14. The molecule has 0 radical (unpaired) electrons. The van der Waals surface area contributed by atoms with E-state index in [1.165, 1.54) is 6.42 Å². The standard InChI is InChI=1S/C10H15NO3/c11-8-7(12)6-10(14-9(8)13)4-2-1-3-5-10/h8H,1-6,11H2. The van der Waals surface area contributed by atoms with Gasteiger partial charge in [-0.15, -0.1) is 0 Å². The molecule has 0 aromatic heterocycles. The van der Waals surface area contributed by atoms with Crippen molar-refractivity contribution in [3.8, 4) is 0 Å². The molecule has 1 unspecified atom stereocenters. The predicted molar refractivity (Wildman–Crippen MR) is 49.5 cm³/mol. The molecule has 1 heterocycles.